The molecule has 0 unspecified atom stereocenters. The molecule has 0 saturated heterocycles. The maximum absolute atomic E-state index is 13.2. The summed E-state index contributed by atoms with van der Waals surface area (Å²) in [5.74, 6) is -1.31. The number of amides is 1. The lowest BCUT2D eigenvalue weighted by Crippen LogP contribution is -2.45. The molecule has 0 spiro atoms. The molecular formula is C20H20FN5O5S2. The fourth-order valence-electron chi connectivity index (χ4n) is 2.89. The summed E-state index contributed by atoms with van der Waals surface area (Å²) in [5, 5.41) is 2.54. The number of hydrogen-bond donors (Lipinski definition) is 2. The van der Waals surface area contributed by atoms with Crippen molar-refractivity contribution in [2.45, 2.75) is 17.9 Å². The predicted molar refractivity (Wildman–Crippen MR) is 121 cm³/mol. The molecule has 33 heavy (non-hydrogen) atoms. The Bertz CT molecular complexity index is 1330. The summed E-state index contributed by atoms with van der Waals surface area (Å²) < 4.78 is 65.8. The SMILES string of the molecule is C[C@H](C(=O)Nc1ccc(S(=O)(=O)Nc2ncccn2)cc1)N(c1ccc(F)cc1)S(C)(=O)=O. The van der Waals surface area contributed by atoms with Crippen LogP contribution in [0.25, 0.3) is 0 Å². The number of nitrogens with zero attached hydrogens (tertiary/aromatic N) is 3. The summed E-state index contributed by atoms with van der Waals surface area (Å²) in [7, 11) is -7.83. The number of aromatic nitrogens is 2. The van der Waals surface area contributed by atoms with Crippen molar-refractivity contribution in [3.63, 3.8) is 0 Å². The zero-order valence-corrected chi connectivity index (χ0v) is 19.1. The average molecular weight is 494 g/mol. The largest absolute Gasteiger partial charge is 0.324 e. The fourth-order valence-corrected chi connectivity index (χ4v) is 5.02. The van der Waals surface area contributed by atoms with E-state index in [-0.39, 0.29) is 22.2 Å². The van der Waals surface area contributed by atoms with Crippen molar-refractivity contribution in [3.8, 4) is 0 Å². The highest BCUT2D eigenvalue weighted by Crippen LogP contribution is 2.22. The second kappa shape index (κ2) is 9.50. The summed E-state index contributed by atoms with van der Waals surface area (Å²) in [4.78, 5) is 20.2. The molecule has 1 aromatic heterocycles. The number of carbonyl (C=O) groups excluding carboxylic acids is 1. The highest BCUT2D eigenvalue weighted by atomic mass is 32.2. The van der Waals surface area contributed by atoms with E-state index < -0.39 is 37.8 Å². The molecule has 0 aliphatic carbocycles. The number of nitrogens with one attached hydrogen (secondary N) is 2. The van der Waals surface area contributed by atoms with Crippen LogP contribution in [-0.2, 0) is 24.8 Å². The summed E-state index contributed by atoms with van der Waals surface area (Å²) >= 11 is 0. The van der Waals surface area contributed by atoms with Gasteiger partial charge in [0.15, 0.2) is 0 Å². The van der Waals surface area contributed by atoms with E-state index in [1.165, 1.54) is 61.8 Å². The lowest BCUT2D eigenvalue weighted by Gasteiger charge is -2.28. The molecule has 0 aliphatic rings. The molecular weight excluding hydrogens is 473 g/mol. The van der Waals surface area contributed by atoms with Gasteiger partial charge in [-0.25, -0.2) is 35.9 Å². The van der Waals surface area contributed by atoms with Gasteiger partial charge in [0.05, 0.1) is 16.8 Å². The Morgan fingerprint density at radius 3 is 2.09 bits per heavy atom. The fraction of sp³-hybridized carbons (Fsp3) is 0.150. The third-order valence-electron chi connectivity index (χ3n) is 4.39. The van der Waals surface area contributed by atoms with Crippen molar-refractivity contribution in [2.24, 2.45) is 0 Å². The van der Waals surface area contributed by atoms with Gasteiger partial charge in [0.1, 0.15) is 11.9 Å². The van der Waals surface area contributed by atoms with Crippen LogP contribution in [0.3, 0.4) is 0 Å². The van der Waals surface area contributed by atoms with Gasteiger partial charge in [0, 0.05) is 18.1 Å². The summed E-state index contributed by atoms with van der Waals surface area (Å²) in [6.07, 6.45) is 3.70. The first-order valence-corrected chi connectivity index (χ1v) is 12.8. The van der Waals surface area contributed by atoms with Crippen LogP contribution < -0.4 is 14.3 Å². The first-order chi connectivity index (χ1) is 15.5. The van der Waals surface area contributed by atoms with Gasteiger partial charge in [0.25, 0.3) is 10.0 Å². The second-order valence-corrected chi connectivity index (χ2v) is 10.4. The van der Waals surface area contributed by atoms with Gasteiger partial charge in [-0.2, -0.15) is 0 Å². The minimum absolute atomic E-state index is 0.0923. The maximum atomic E-state index is 13.2. The van der Waals surface area contributed by atoms with Crippen LogP contribution in [-0.4, -0.2) is 45.0 Å². The molecule has 1 heterocycles. The monoisotopic (exact) mass is 493 g/mol. The van der Waals surface area contributed by atoms with Crippen LogP contribution in [0.4, 0.5) is 21.7 Å². The Kier molecular flexibility index (Phi) is 6.93. The van der Waals surface area contributed by atoms with Crippen LogP contribution in [0, 0.1) is 5.82 Å². The minimum Gasteiger partial charge on any atom is -0.324 e. The third-order valence-corrected chi connectivity index (χ3v) is 6.98. The van der Waals surface area contributed by atoms with Crippen molar-refractivity contribution in [1.29, 1.82) is 0 Å². The van der Waals surface area contributed by atoms with E-state index in [4.69, 9.17) is 0 Å². The molecule has 0 radical (unpaired) electrons. The number of anilines is 3. The summed E-state index contributed by atoms with van der Waals surface area (Å²) in [6, 6.07) is 10.3. The molecule has 13 heteroatoms. The number of rotatable bonds is 8. The van der Waals surface area contributed by atoms with E-state index in [0.29, 0.717) is 0 Å². The lowest BCUT2D eigenvalue weighted by molar-refractivity contribution is -0.116. The van der Waals surface area contributed by atoms with Gasteiger partial charge in [-0.15, -0.1) is 0 Å². The number of sulfonamides is 2. The van der Waals surface area contributed by atoms with Crippen LogP contribution >= 0.6 is 0 Å². The first-order valence-electron chi connectivity index (χ1n) is 9.43. The summed E-state index contributed by atoms with van der Waals surface area (Å²) in [6.45, 7) is 1.38. The van der Waals surface area contributed by atoms with Gasteiger partial charge in [-0.05, 0) is 61.5 Å². The van der Waals surface area contributed by atoms with Crippen molar-refractivity contribution in [3.05, 3.63) is 72.8 Å². The predicted octanol–water partition coefficient (Wildman–Crippen LogP) is 2.21. The molecule has 0 bridgehead atoms. The molecule has 0 aliphatic heterocycles. The van der Waals surface area contributed by atoms with E-state index in [2.05, 4.69) is 20.0 Å². The molecule has 10 nitrogen and oxygen atoms in total. The van der Waals surface area contributed by atoms with Crippen LogP contribution in [0.1, 0.15) is 6.92 Å². The van der Waals surface area contributed by atoms with Gasteiger partial charge < -0.3 is 5.32 Å². The zero-order chi connectivity index (χ0) is 24.2. The van der Waals surface area contributed by atoms with Gasteiger partial charge >= 0.3 is 0 Å². The van der Waals surface area contributed by atoms with Gasteiger partial charge in [-0.3, -0.25) is 9.10 Å². The van der Waals surface area contributed by atoms with Gasteiger partial charge in [0.2, 0.25) is 21.9 Å². The lowest BCUT2D eigenvalue weighted by atomic mass is 10.2. The molecule has 3 rings (SSSR count). The quantitative estimate of drug-likeness (QED) is 0.491. The molecule has 3 aromatic rings. The van der Waals surface area contributed by atoms with Crippen molar-refractivity contribution in [1.82, 2.24) is 9.97 Å². The molecule has 2 aromatic carbocycles. The molecule has 2 N–H and O–H groups in total. The molecule has 1 amide bonds. The highest BCUT2D eigenvalue weighted by molar-refractivity contribution is 7.92. The highest BCUT2D eigenvalue weighted by Gasteiger charge is 2.29. The van der Waals surface area contributed by atoms with E-state index in [0.717, 1.165) is 22.7 Å². The van der Waals surface area contributed by atoms with Crippen molar-refractivity contribution >= 4 is 43.3 Å². The maximum Gasteiger partial charge on any atom is 0.264 e. The molecule has 0 fully saturated rings. The number of benzene rings is 2. The number of hydrogen-bond acceptors (Lipinski definition) is 7. The Hall–Kier alpha value is -3.58. The zero-order valence-electron chi connectivity index (χ0n) is 17.5. The van der Waals surface area contributed by atoms with Crippen LogP contribution in [0.2, 0.25) is 0 Å². The van der Waals surface area contributed by atoms with E-state index in [1.54, 1.807) is 0 Å². The Labute approximate surface area is 190 Å². The normalized spacial score (nSPS) is 12.6. The third kappa shape index (κ3) is 6.02. The molecule has 174 valence electrons. The van der Waals surface area contributed by atoms with E-state index >= 15 is 0 Å². The number of halogens is 1. The minimum atomic E-state index is -3.95. The Morgan fingerprint density at radius 2 is 1.55 bits per heavy atom. The second-order valence-electron chi connectivity index (χ2n) is 6.90. The molecule has 1 atom stereocenters. The number of carbonyl (C=O) groups is 1. The van der Waals surface area contributed by atoms with Crippen molar-refractivity contribution < 1.29 is 26.0 Å². The average Bonchev–Trinajstić information content (AvgIpc) is 2.75. The van der Waals surface area contributed by atoms with E-state index in [1.807, 2.05) is 0 Å². The van der Waals surface area contributed by atoms with Crippen LogP contribution in [0.15, 0.2) is 71.9 Å². The van der Waals surface area contributed by atoms with E-state index in [9.17, 15) is 26.0 Å². The van der Waals surface area contributed by atoms with Crippen molar-refractivity contribution in [2.75, 3.05) is 20.6 Å². The smallest absolute Gasteiger partial charge is 0.264 e. The van der Waals surface area contributed by atoms with Crippen LogP contribution in [0.5, 0.6) is 0 Å². The molecule has 0 saturated carbocycles. The first kappa shape index (κ1) is 24.1. The standard InChI is InChI=1S/C20H20FN5O5S2/c1-14(26(32(2,28)29)17-8-4-15(21)5-9-17)19(27)24-16-6-10-18(11-7-16)33(30,31)25-20-22-12-3-13-23-20/h3-14H,1-2H3,(H,24,27)(H,22,23,25)/t14-/m1/s1. The Morgan fingerprint density at radius 1 is 0.970 bits per heavy atom. The Balaban J connectivity index is 1.76. The summed E-state index contributed by atoms with van der Waals surface area (Å²) in [5.41, 5.74) is 0.367. The topological polar surface area (TPSA) is 138 Å². The van der Waals surface area contributed by atoms with Gasteiger partial charge in [-0.1, -0.05) is 0 Å².